The Morgan fingerprint density at radius 1 is 1.12 bits per heavy atom. The van der Waals surface area contributed by atoms with Crippen molar-refractivity contribution in [3.63, 3.8) is 0 Å². The Bertz CT molecular complexity index is 472. The quantitative estimate of drug-likeness (QED) is 0.644. The molecular formula is C15H18O. The van der Waals surface area contributed by atoms with Crippen molar-refractivity contribution in [3.8, 4) is 0 Å². The molecule has 0 unspecified atom stereocenters. The lowest BCUT2D eigenvalue weighted by atomic mass is 10.0. The van der Waals surface area contributed by atoms with Crippen molar-refractivity contribution in [2.75, 3.05) is 0 Å². The van der Waals surface area contributed by atoms with Crippen molar-refractivity contribution in [2.24, 2.45) is 0 Å². The number of aryl methyl sites for hydroxylation is 1. The van der Waals surface area contributed by atoms with Crippen molar-refractivity contribution >= 4 is 17.1 Å². The van der Waals surface area contributed by atoms with Crippen LogP contribution in [-0.4, -0.2) is 6.29 Å². The standard InChI is InChI=1S/C12H10O.C3H8/c1-9-6-10(8-13)7-11-4-2-3-5-12(9)11;1-3-2/h2-8H,1H3;3H2,1-2H3. The first-order valence-corrected chi connectivity index (χ1v) is 5.67. The fraction of sp³-hybridized carbons (Fsp3) is 0.267. The number of carbonyl (C=O) groups excluding carboxylic acids is 1. The van der Waals surface area contributed by atoms with Crippen molar-refractivity contribution in [1.82, 2.24) is 0 Å². The number of carbonyl (C=O) groups is 1. The van der Waals surface area contributed by atoms with Crippen LogP contribution in [0.3, 0.4) is 0 Å². The van der Waals surface area contributed by atoms with E-state index in [4.69, 9.17) is 0 Å². The van der Waals surface area contributed by atoms with Crippen molar-refractivity contribution in [1.29, 1.82) is 0 Å². The zero-order valence-electron chi connectivity index (χ0n) is 10.2. The van der Waals surface area contributed by atoms with Gasteiger partial charge in [-0.25, -0.2) is 0 Å². The molecule has 84 valence electrons. The summed E-state index contributed by atoms with van der Waals surface area (Å²) in [6.07, 6.45) is 2.14. The predicted octanol–water partition coefficient (Wildman–Crippen LogP) is 4.38. The van der Waals surface area contributed by atoms with E-state index in [1.807, 2.05) is 37.3 Å². The van der Waals surface area contributed by atoms with E-state index >= 15 is 0 Å². The molecule has 0 aliphatic rings. The summed E-state index contributed by atoms with van der Waals surface area (Å²) in [6, 6.07) is 11.9. The lowest BCUT2D eigenvalue weighted by Crippen LogP contribution is -1.84. The third-order valence-corrected chi connectivity index (χ3v) is 2.23. The first-order valence-electron chi connectivity index (χ1n) is 5.67. The lowest BCUT2D eigenvalue weighted by molar-refractivity contribution is 0.112. The highest BCUT2D eigenvalue weighted by Gasteiger charge is 1.98. The average molecular weight is 214 g/mol. The van der Waals surface area contributed by atoms with Gasteiger partial charge in [0.05, 0.1) is 0 Å². The van der Waals surface area contributed by atoms with Crippen molar-refractivity contribution in [3.05, 3.63) is 47.5 Å². The Balaban J connectivity index is 0.000000386. The highest BCUT2D eigenvalue weighted by Crippen LogP contribution is 2.19. The number of hydrogen-bond acceptors (Lipinski definition) is 1. The molecule has 2 aromatic carbocycles. The third kappa shape index (κ3) is 2.93. The fourth-order valence-corrected chi connectivity index (χ4v) is 1.60. The van der Waals surface area contributed by atoms with Gasteiger partial charge in [0.2, 0.25) is 0 Å². The van der Waals surface area contributed by atoms with Gasteiger partial charge < -0.3 is 0 Å². The van der Waals surface area contributed by atoms with Gasteiger partial charge in [0.15, 0.2) is 0 Å². The van der Waals surface area contributed by atoms with E-state index in [0.717, 1.165) is 22.8 Å². The van der Waals surface area contributed by atoms with E-state index < -0.39 is 0 Å². The molecule has 0 spiro atoms. The third-order valence-electron chi connectivity index (χ3n) is 2.23. The molecule has 0 bridgehead atoms. The second-order valence-electron chi connectivity index (χ2n) is 3.88. The Morgan fingerprint density at radius 3 is 2.38 bits per heavy atom. The van der Waals surface area contributed by atoms with Crippen LogP contribution in [0.15, 0.2) is 36.4 Å². The minimum atomic E-state index is 0.746. The molecule has 0 saturated carbocycles. The monoisotopic (exact) mass is 214 g/mol. The van der Waals surface area contributed by atoms with Gasteiger partial charge in [0, 0.05) is 5.56 Å². The second kappa shape index (κ2) is 6.06. The van der Waals surface area contributed by atoms with Crippen LogP contribution in [0.2, 0.25) is 0 Å². The predicted molar refractivity (Wildman–Crippen MR) is 70.0 cm³/mol. The topological polar surface area (TPSA) is 17.1 Å². The molecular weight excluding hydrogens is 196 g/mol. The van der Waals surface area contributed by atoms with Gasteiger partial charge in [-0.15, -0.1) is 0 Å². The van der Waals surface area contributed by atoms with E-state index in [1.165, 1.54) is 11.8 Å². The van der Waals surface area contributed by atoms with E-state index in [1.54, 1.807) is 0 Å². The summed E-state index contributed by atoms with van der Waals surface area (Å²) in [6.45, 7) is 6.27. The summed E-state index contributed by atoms with van der Waals surface area (Å²) < 4.78 is 0. The summed E-state index contributed by atoms with van der Waals surface area (Å²) in [4.78, 5) is 10.6. The molecule has 0 amide bonds. The van der Waals surface area contributed by atoms with Crippen LogP contribution in [0, 0.1) is 6.92 Å². The number of benzene rings is 2. The molecule has 0 fully saturated rings. The molecule has 16 heavy (non-hydrogen) atoms. The van der Waals surface area contributed by atoms with E-state index in [-0.39, 0.29) is 0 Å². The molecule has 0 saturated heterocycles. The van der Waals surface area contributed by atoms with E-state index in [0.29, 0.717) is 0 Å². The van der Waals surface area contributed by atoms with Crippen LogP contribution >= 0.6 is 0 Å². The average Bonchev–Trinajstić information content (AvgIpc) is 2.30. The van der Waals surface area contributed by atoms with Crippen molar-refractivity contribution < 1.29 is 4.79 Å². The Labute approximate surface area is 97.1 Å². The van der Waals surface area contributed by atoms with Gasteiger partial charge in [-0.05, 0) is 35.4 Å². The van der Waals surface area contributed by atoms with Crippen LogP contribution in [0.4, 0.5) is 0 Å². The molecule has 1 nitrogen and oxygen atoms in total. The number of hydrogen-bond donors (Lipinski definition) is 0. The van der Waals surface area contributed by atoms with E-state index in [9.17, 15) is 4.79 Å². The van der Waals surface area contributed by atoms with Crippen LogP contribution in [0.5, 0.6) is 0 Å². The Kier molecular flexibility index (Phi) is 4.71. The maximum absolute atomic E-state index is 10.6. The van der Waals surface area contributed by atoms with Gasteiger partial charge >= 0.3 is 0 Å². The molecule has 0 aliphatic heterocycles. The number of fused-ring (bicyclic) bond motifs is 1. The van der Waals surface area contributed by atoms with Gasteiger partial charge in [-0.1, -0.05) is 44.5 Å². The van der Waals surface area contributed by atoms with E-state index in [2.05, 4.69) is 19.9 Å². The molecule has 0 radical (unpaired) electrons. The highest BCUT2D eigenvalue weighted by atomic mass is 16.1. The first kappa shape index (κ1) is 12.4. The summed E-state index contributed by atoms with van der Waals surface area (Å²) in [7, 11) is 0. The molecule has 0 aromatic heterocycles. The first-order chi connectivity index (χ1) is 7.72. The fourth-order valence-electron chi connectivity index (χ4n) is 1.60. The largest absolute Gasteiger partial charge is 0.298 e. The summed E-state index contributed by atoms with van der Waals surface area (Å²) in [5, 5.41) is 2.35. The molecule has 2 aromatic rings. The highest BCUT2D eigenvalue weighted by molar-refractivity contribution is 5.91. The molecule has 0 atom stereocenters. The Morgan fingerprint density at radius 2 is 1.75 bits per heavy atom. The summed E-state index contributed by atoms with van der Waals surface area (Å²) >= 11 is 0. The van der Waals surface area contributed by atoms with Crippen LogP contribution in [0.1, 0.15) is 36.2 Å². The van der Waals surface area contributed by atoms with Gasteiger partial charge in [0.1, 0.15) is 6.29 Å². The normalized spacial score (nSPS) is 9.44. The second-order valence-corrected chi connectivity index (χ2v) is 3.88. The SMILES string of the molecule is CCC.Cc1cc(C=O)cc2ccccc12. The van der Waals surface area contributed by atoms with Crippen LogP contribution in [0.25, 0.3) is 10.8 Å². The lowest BCUT2D eigenvalue weighted by Gasteiger charge is -2.02. The number of aldehydes is 1. The smallest absolute Gasteiger partial charge is 0.150 e. The zero-order valence-corrected chi connectivity index (χ0v) is 10.2. The van der Waals surface area contributed by atoms with Crippen molar-refractivity contribution in [2.45, 2.75) is 27.2 Å². The van der Waals surface area contributed by atoms with Gasteiger partial charge in [0.25, 0.3) is 0 Å². The number of rotatable bonds is 1. The Hall–Kier alpha value is -1.63. The van der Waals surface area contributed by atoms with Crippen LogP contribution in [-0.2, 0) is 0 Å². The molecule has 1 heteroatoms. The zero-order chi connectivity index (χ0) is 12.0. The minimum absolute atomic E-state index is 0.746. The maximum Gasteiger partial charge on any atom is 0.150 e. The maximum atomic E-state index is 10.6. The summed E-state index contributed by atoms with van der Waals surface area (Å²) in [5.41, 5.74) is 1.90. The molecule has 0 aliphatic carbocycles. The molecule has 0 N–H and O–H groups in total. The molecule has 0 heterocycles. The minimum Gasteiger partial charge on any atom is -0.298 e. The summed E-state index contributed by atoms with van der Waals surface area (Å²) in [5.74, 6) is 0. The van der Waals surface area contributed by atoms with Gasteiger partial charge in [-0.2, -0.15) is 0 Å². The van der Waals surface area contributed by atoms with Crippen LogP contribution < -0.4 is 0 Å². The van der Waals surface area contributed by atoms with Gasteiger partial charge in [-0.3, -0.25) is 4.79 Å². The molecule has 2 rings (SSSR count).